The Morgan fingerprint density at radius 1 is 1.50 bits per heavy atom. The molecule has 2 N–H and O–H groups in total. The van der Waals surface area contributed by atoms with Crippen molar-refractivity contribution >= 4 is 0 Å². The SMILES string of the molecule is COCC(CCO)NCc1ccc(C#N)cc1C. The minimum Gasteiger partial charge on any atom is -0.396 e. The van der Waals surface area contributed by atoms with Crippen LogP contribution in [0.3, 0.4) is 0 Å². The van der Waals surface area contributed by atoms with E-state index >= 15 is 0 Å². The first kappa shape index (κ1) is 14.7. The van der Waals surface area contributed by atoms with Crippen LogP contribution >= 0.6 is 0 Å². The smallest absolute Gasteiger partial charge is 0.0991 e. The van der Waals surface area contributed by atoms with Gasteiger partial charge in [-0.25, -0.2) is 0 Å². The highest BCUT2D eigenvalue weighted by Crippen LogP contribution is 2.10. The average molecular weight is 248 g/mol. The first-order chi connectivity index (χ1) is 8.71. The van der Waals surface area contributed by atoms with Crippen LogP contribution in [0.1, 0.15) is 23.1 Å². The van der Waals surface area contributed by atoms with Crippen molar-refractivity contribution in [2.45, 2.75) is 25.9 Å². The maximum Gasteiger partial charge on any atom is 0.0991 e. The number of benzene rings is 1. The van der Waals surface area contributed by atoms with Crippen molar-refractivity contribution in [2.24, 2.45) is 0 Å². The van der Waals surface area contributed by atoms with Gasteiger partial charge >= 0.3 is 0 Å². The molecule has 1 atom stereocenters. The fourth-order valence-electron chi connectivity index (χ4n) is 1.82. The summed E-state index contributed by atoms with van der Waals surface area (Å²) in [5.74, 6) is 0. The Morgan fingerprint density at radius 3 is 2.83 bits per heavy atom. The topological polar surface area (TPSA) is 65.3 Å². The van der Waals surface area contributed by atoms with Crippen molar-refractivity contribution in [3.8, 4) is 6.07 Å². The van der Waals surface area contributed by atoms with E-state index in [2.05, 4.69) is 11.4 Å². The van der Waals surface area contributed by atoms with Crippen LogP contribution < -0.4 is 5.32 Å². The Labute approximate surface area is 108 Å². The highest BCUT2D eigenvalue weighted by atomic mass is 16.5. The minimum absolute atomic E-state index is 0.146. The van der Waals surface area contributed by atoms with Crippen molar-refractivity contribution in [3.05, 3.63) is 34.9 Å². The third-order valence-corrected chi connectivity index (χ3v) is 2.90. The van der Waals surface area contributed by atoms with E-state index in [9.17, 15) is 0 Å². The Hall–Kier alpha value is -1.41. The highest BCUT2D eigenvalue weighted by molar-refractivity contribution is 5.37. The summed E-state index contributed by atoms with van der Waals surface area (Å²) in [5, 5.41) is 21.1. The predicted octanol–water partition coefficient (Wildman–Crippen LogP) is 1.35. The second-order valence-corrected chi connectivity index (χ2v) is 4.30. The largest absolute Gasteiger partial charge is 0.396 e. The number of hydrogen-bond acceptors (Lipinski definition) is 4. The van der Waals surface area contributed by atoms with E-state index in [4.69, 9.17) is 15.1 Å². The Kier molecular flexibility index (Phi) is 6.37. The third-order valence-electron chi connectivity index (χ3n) is 2.90. The van der Waals surface area contributed by atoms with Gasteiger partial charge in [-0.05, 0) is 36.6 Å². The molecule has 0 amide bonds. The van der Waals surface area contributed by atoms with Crippen molar-refractivity contribution in [1.29, 1.82) is 5.26 Å². The van der Waals surface area contributed by atoms with Gasteiger partial charge in [0.15, 0.2) is 0 Å². The quantitative estimate of drug-likeness (QED) is 0.764. The second kappa shape index (κ2) is 7.83. The highest BCUT2D eigenvalue weighted by Gasteiger charge is 2.08. The van der Waals surface area contributed by atoms with Gasteiger partial charge in [0.25, 0.3) is 0 Å². The molecule has 0 aliphatic rings. The van der Waals surface area contributed by atoms with Gasteiger partial charge in [0, 0.05) is 26.3 Å². The van der Waals surface area contributed by atoms with Crippen molar-refractivity contribution < 1.29 is 9.84 Å². The summed E-state index contributed by atoms with van der Waals surface area (Å²) in [4.78, 5) is 0. The minimum atomic E-state index is 0.146. The fourth-order valence-corrected chi connectivity index (χ4v) is 1.82. The summed E-state index contributed by atoms with van der Waals surface area (Å²) in [5.41, 5.74) is 2.94. The van der Waals surface area contributed by atoms with Gasteiger partial charge in [-0.1, -0.05) is 6.07 Å². The molecule has 0 aliphatic heterocycles. The molecule has 1 rings (SSSR count). The Bertz CT molecular complexity index is 407. The van der Waals surface area contributed by atoms with Crippen LogP contribution in [0.4, 0.5) is 0 Å². The van der Waals surface area contributed by atoms with Gasteiger partial charge in [0.05, 0.1) is 18.2 Å². The molecule has 0 aliphatic carbocycles. The summed E-state index contributed by atoms with van der Waals surface area (Å²) < 4.78 is 5.10. The lowest BCUT2D eigenvalue weighted by atomic mass is 10.1. The van der Waals surface area contributed by atoms with Crippen LogP contribution in [0.2, 0.25) is 0 Å². The van der Waals surface area contributed by atoms with E-state index in [1.165, 1.54) is 0 Å². The maximum atomic E-state index is 8.95. The molecule has 1 aromatic rings. The number of nitrogens with one attached hydrogen (secondary N) is 1. The van der Waals surface area contributed by atoms with Gasteiger partial charge < -0.3 is 15.2 Å². The molecule has 4 heteroatoms. The lowest BCUT2D eigenvalue weighted by molar-refractivity contribution is 0.148. The number of aliphatic hydroxyl groups excluding tert-OH is 1. The lowest BCUT2D eigenvalue weighted by Gasteiger charge is -2.17. The fraction of sp³-hybridized carbons (Fsp3) is 0.500. The zero-order valence-electron chi connectivity index (χ0n) is 10.9. The van der Waals surface area contributed by atoms with Gasteiger partial charge in [-0.2, -0.15) is 5.26 Å². The van der Waals surface area contributed by atoms with E-state index in [0.29, 0.717) is 25.1 Å². The molecule has 0 saturated carbocycles. The molecule has 0 radical (unpaired) electrons. The maximum absolute atomic E-state index is 8.95. The summed E-state index contributed by atoms with van der Waals surface area (Å²) in [6, 6.07) is 7.94. The number of hydrogen-bond donors (Lipinski definition) is 2. The molecular formula is C14H20N2O2. The van der Waals surface area contributed by atoms with Crippen molar-refractivity contribution in [1.82, 2.24) is 5.32 Å². The number of ether oxygens (including phenoxy) is 1. The van der Waals surface area contributed by atoms with Crippen LogP contribution in [0, 0.1) is 18.3 Å². The molecule has 0 bridgehead atoms. The molecule has 4 nitrogen and oxygen atoms in total. The number of nitrogens with zero attached hydrogens (tertiary/aromatic N) is 1. The van der Waals surface area contributed by atoms with Crippen LogP contribution in [0.5, 0.6) is 0 Å². The van der Waals surface area contributed by atoms with Crippen LogP contribution in [0.25, 0.3) is 0 Å². The predicted molar refractivity (Wildman–Crippen MR) is 70.1 cm³/mol. The Balaban J connectivity index is 2.59. The molecule has 18 heavy (non-hydrogen) atoms. The summed E-state index contributed by atoms with van der Waals surface area (Å²) in [7, 11) is 1.65. The summed E-state index contributed by atoms with van der Waals surface area (Å²) in [6.45, 7) is 3.43. The number of aliphatic hydroxyl groups is 1. The molecule has 1 unspecified atom stereocenters. The van der Waals surface area contributed by atoms with E-state index in [1.807, 2.05) is 25.1 Å². The standard InChI is InChI=1S/C14H20N2O2/c1-11-7-12(8-15)3-4-13(11)9-16-14(5-6-17)10-18-2/h3-4,7,14,16-17H,5-6,9-10H2,1-2H3. The number of methoxy groups -OCH3 is 1. The first-order valence-electron chi connectivity index (χ1n) is 6.04. The van der Waals surface area contributed by atoms with Crippen molar-refractivity contribution in [2.75, 3.05) is 20.3 Å². The van der Waals surface area contributed by atoms with E-state index < -0.39 is 0 Å². The summed E-state index contributed by atoms with van der Waals surface area (Å²) in [6.07, 6.45) is 0.670. The first-order valence-corrected chi connectivity index (χ1v) is 6.04. The number of nitriles is 1. The number of rotatable bonds is 7. The lowest BCUT2D eigenvalue weighted by Crippen LogP contribution is -2.33. The molecule has 0 fully saturated rings. The van der Waals surface area contributed by atoms with Gasteiger partial charge in [0.2, 0.25) is 0 Å². The molecule has 0 heterocycles. The second-order valence-electron chi connectivity index (χ2n) is 4.30. The molecule has 0 saturated heterocycles. The molecule has 0 aromatic heterocycles. The van der Waals surface area contributed by atoms with Crippen LogP contribution in [-0.4, -0.2) is 31.5 Å². The van der Waals surface area contributed by atoms with Crippen LogP contribution in [-0.2, 0) is 11.3 Å². The van der Waals surface area contributed by atoms with E-state index in [1.54, 1.807) is 7.11 Å². The zero-order valence-corrected chi connectivity index (χ0v) is 10.9. The molecular weight excluding hydrogens is 228 g/mol. The average Bonchev–Trinajstić information content (AvgIpc) is 2.37. The molecule has 0 spiro atoms. The third kappa shape index (κ3) is 4.46. The van der Waals surface area contributed by atoms with Crippen molar-refractivity contribution in [3.63, 3.8) is 0 Å². The Morgan fingerprint density at radius 2 is 2.28 bits per heavy atom. The monoisotopic (exact) mass is 248 g/mol. The van der Waals surface area contributed by atoms with Gasteiger partial charge in [0.1, 0.15) is 0 Å². The zero-order chi connectivity index (χ0) is 13.4. The van der Waals surface area contributed by atoms with Gasteiger partial charge in [-0.3, -0.25) is 0 Å². The molecule has 98 valence electrons. The normalized spacial score (nSPS) is 12.1. The van der Waals surface area contributed by atoms with E-state index in [0.717, 1.165) is 11.1 Å². The van der Waals surface area contributed by atoms with Crippen LogP contribution in [0.15, 0.2) is 18.2 Å². The van der Waals surface area contributed by atoms with E-state index in [-0.39, 0.29) is 12.6 Å². The van der Waals surface area contributed by atoms with Gasteiger partial charge in [-0.15, -0.1) is 0 Å². The number of aryl methyl sites for hydroxylation is 1. The molecule has 1 aromatic carbocycles. The summed E-state index contributed by atoms with van der Waals surface area (Å²) >= 11 is 0.